The van der Waals surface area contributed by atoms with Gasteiger partial charge < -0.3 is 15.5 Å². The van der Waals surface area contributed by atoms with E-state index in [4.69, 9.17) is 5.73 Å². The van der Waals surface area contributed by atoms with Gasteiger partial charge in [-0.2, -0.15) is 5.10 Å². The lowest BCUT2D eigenvalue weighted by atomic mass is 9.93. The van der Waals surface area contributed by atoms with Gasteiger partial charge in [-0.15, -0.1) is 0 Å². The van der Waals surface area contributed by atoms with Crippen LogP contribution in [0.5, 0.6) is 0 Å². The van der Waals surface area contributed by atoms with Crippen molar-refractivity contribution in [3.63, 3.8) is 0 Å². The number of rotatable bonds is 4. The Bertz CT molecular complexity index is 443. The zero-order valence-corrected chi connectivity index (χ0v) is 12.9. The number of anilines is 2. The fourth-order valence-electron chi connectivity index (χ4n) is 2.56. The molecule has 2 rings (SSSR count). The first kappa shape index (κ1) is 14.2. The van der Waals surface area contributed by atoms with Crippen molar-refractivity contribution in [2.45, 2.75) is 32.7 Å². The number of hydrogen-bond acceptors (Lipinski definition) is 3. The Hall–Kier alpha value is -1.23. The highest BCUT2D eigenvalue weighted by Crippen LogP contribution is 2.35. The molecule has 5 nitrogen and oxygen atoms in total. The number of nitrogen functional groups attached to an aromatic ring is 1. The summed E-state index contributed by atoms with van der Waals surface area (Å²) in [5, 5.41) is 8.06. The molecule has 2 atom stereocenters. The first-order valence-corrected chi connectivity index (χ1v) is 7.21. The van der Waals surface area contributed by atoms with E-state index >= 15 is 0 Å². The topological polar surface area (TPSA) is 55.9 Å². The molecule has 3 N–H and O–H groups in total. The second-order valence-electron chi connectivity index (χ2n) is 6.85. The second-order valence-corrected chi connectivity index (χ2v) is 6.85. The molecule has 0 fully saturated rings. The maximum absolute atomic E-state index is 6.23. The van der Waals surface area contributed by atoms with E-state index in [0.29, 0.717) is 12.0 Å². The lowest BCUT2D eigenvalue weighted by Gasteiger charge is -2.27. The molecule has 0 aliphatic carbocycles. The summed E-state index contributed by atoms with van der Waals surface area (Å²) in [6.45, 7) is 6.47. The van der Waals surface area contributed by atoms with Crippen LogP contribution in [0.3, 0.4) is 0 Å². The predicted octanol–water partition coefficient (Wildman–Crippen LogP) is 1.73. The van der Waals surface area contributed by atoms with E-state index in [1.54, 1.807) is 0 Å². The fraction of sp³-hybridized carbons (Fsp3) is 0.786. The molecule has 1 aromatic heterocycles. The van der Waals surface area contributed by atoms with E-state index in [0.717, 1.165) is 35.5 Å². The van der Waals surface area contributed by atoms with E-state index in [1.165, 1.54) is 12.1 Å². The monoisotopic (exact) mass is 266 g/mol. The van der Waals surface area contributed by atoms with Crippen molar-refractivity contribution in [2.24, 2.45) is 5.92 Å². The van der Waals surface area contributed by atoms with Gasteiger partial charge in [-0.3, -0.25) is 4.68 Å². The molecular formula is C14H28N5+. The van der Waals surface area contributed by atoms with Crippen molar-refractivity contribution >= 4 is 11.5 Å². The van der Waals surface area contributed by atoms with Crippen LogP contribution in [0.2, 0.25) is 0 Å². The molecule has 0 amide bonds. The highest BCUT2D eigenvalue weighted by Gasteiger charge is 2.27. The zero-order chi connectivity index (χ0) is 14.2. The van der Waals surface area contributed by atoms with Crippen LogP contribution < -0.4 is 11.1 Å². The molecule has 108 valence electrons. The van der Waals surface area contributed by atoms with Gasteiger partial charge in [-0.1, -0.05) is 6.92 Å². The summed E-state index contributed by atoms with van der Waals surface area (Å²) in [6.07, 6.45) is 2.25. The summed E-state index contributed by atoms with van der Waals surface area (Å²) in [7, 11) is 6.56. The third-order valence-corrected chi connectivity index (χ3v) is 4.17. The molecule has 0 saturated carbocycles. The minimum absolute atomic E-state index is 0.444. The molecule has 19 heavy (non-hydrogen) atoms. The Morgan fingerprint density at radius 3 is 2.68 bits per heavy atom. The molecule has 0 radical (unpaired) electrons. The first-order chi connectivity index (χ1) is 8.79. The molecule has 0 saturated heterocycles. The molecule has 2 unspecified atom stereocenters. The van der Waals surface area contributed by atoms with Gasteiger partial charge in [0.25, 0.3) is 0 Å². The number of aromatic nitrogens is 2. The summed E-state index contributed by atoms with van der Waals surface area (Å²) < 4.78 is 3.06. The van der Waals surface area contributed by atoms with Crippen molar-refractivity contribution in [1.29, 1.82) is 0 Å². The predicted molar refractivity (Wildman–Crippen MR) is 80.2 cm³/mol. The molecule has 0 spiro atoms. The first-order valence-electron chi connectivity index (χ1n) is 7.21. The van der Waals surface area contributed by atoms with Crippen molar-refractivity contribution in [3.8, 4) is 0 Å². The minimum Gasteiger partial charge on any atom is -0.394 e. The average molecular weight is 266 g/mol. The van der Waals surface area contributed by atoms with Crippen LogP contribution in [0.1, 0.15) is 32.0 Å². The van der Waals surface area contributed by atoms with Gasteiger partial charge in [-0.05, 0) is 25.7 Å². The Balaban J connectivity index is 2.09. The standard InChI is InChI=1S/C14H28N5/c1-10-6-7-12-13(15)14(17-18(12)11(10)2)16-8-9-19(3,4)5/h10-11H,6-9,15H2,1-5H3,(H,16,17)/q+1. The number of nitrogens with two attached hydrogens (primary N) is 1. The number of fused-ring (bicyclic) bond motifs is 1. The normalized spacial score (nSPS) is 23.2. The van der Waals surface area contributed by atoms with Crippen LogP contribution in [-0.4, -0.2) is 48.5 Å². The quantitative estimate of drug-likeness (QED) is 0.816. The summed E-state index contributed by atoms with van der Waals surface area (Å²) >= 11 is 0. The van der Waals surface area contributed by atoms with Gasteiger partial charge in [0, 0.05) is 0 Å². The maximum Gasteiger partial charge on any atom is 0.171 e. The molecule has 1 aromatic rings. The Morgan fingerprint density at radius 2 is 2.05 bits per heavy atom. The van der Waals surface area contributed by atoms with Gasteiger partial charge in [0.1, 0.15) is 0 Å². The van der Waals surface area contributed by atoms with E-state index in [1.807, 2.05) is 0 Å². The Labute approximate surface area is 116 Å². The minimum atomic E-state index is 0.444. The van der Waals surface area contributed by atoms with E-state index in [2.05, 4.69) is 50.1 Å². The second kappa shape index (κ2) is 5.04. The lowest BCUT2D eigenvalue weighted by Crippen LogP contribution is -2.38. The van der Waals surface area contributed by atoms with Crippen LogP contribution in [-0.2, 0) is 6.42 Å². The Kier molecular flexibility index (Phi) is 3.76. The third kappa shape index (κ3) is 3.03. The highest BCUT2D eigenvalue weighted by molar-refractivity contribution is 5.65. The number of hydrogen-bond donors (Lipinski definition) is 2. The van der Waals surface area contributed by atoms with E-state index in [-0.39, 0.29) is 0 Å². The summed E-state index contributed by atoms with van der Waals surface area (Å²) in [4.78, 5) is 0. The van der Waals surface area contributed by atoms with Crippen molar-refractivity contribution < 1.29 is 4.48 Å². The number of quaternary nitrogens is 1. The van der Waals surface area contributed by atoms with Crippen molar-refractivity contribution in [2.75, 3.05) is 45.3 Å². The molecule has 2 heterocycles. The fourth-order valence-corrected chi connectivity index (χ4v) is 2.56. The van der Waals surface area contributed by atoms with Crippen LogP contribution in [0.15, 0.2) is 0 Å². The summed E-state index contributed by atoms with van der Waals surface area (Å²) in [6, 6.07) is 0.444. The third-order valence-electron chi connectivity index (χ3n) is 4.17. The van der Waals surface area contributed by atoms with E-state index in [9.17, 15) is 0 Å². The van der Waals surface area contributed by atoms with Crippen LogP contribution >= 0.6 is 0 Å². The smallest absolute Gasteiger partial charge is 0.171 e. The average Bonchev–Trinajstić information content (AvgIpc) is 2.61. The SMILES string of the molecule is CC1CCc2c(N)c(NCC[N+](C)(C)C)nn2C1C. The lowest BCUT2D eigenvalue weighted by molar-refractivity contribution is -0.868. The molecular weight excluding hydrogens is 238 g/mol. The van der Waals surface area contributed by atoms with Gasteiger partial charge in [0.15, 0.2) is 5.82 Å². The highest BCUT2D eigenvalue weighted by atomic mass is 15.4. The van der Waals surface area contributed by atoms with Gasteiger partial charge in [-0.25, -0.2) is 0 Å². The van der Waals surface area contributed by atoms with E-state index < -0.39 is 0 Å². The zero-order valence-electron chi connectivity index (χ0n) is 12.9. The number of nitrogens with one attached hydrogen (secondary N) is 1. The van der Waals surface area contributed by atoms with Crippen LogP contribution in [0.4, 0.5) is 11.5 Å². The van der Waals surface area contributed by atoms with Gasteiger partial charge in [0.05, 0.1) is 51.7 Å². The van der Waals surface area contributed by atoms with Crippen molar-refractivity contribution in [3.05, 3.63) is 5.69 Å². The number of nitrogens with zero attached hydrogens (tertiary/aromatic N) is 3. The Morgan fingerprint density at radius 1 is 1.37 bits per heavy atom. The largest absolute Gasteiger partial charge is 0.394 e. The van der Waals surface area contributed by atoms with Crippen LogP contribution in [0.25, 0.3) is 0 Å². The van der Waals surface area contributed by atoms with Crippen LogP contribution in [0, 0.1) is 5.92 Å². The summed E-state index contributed by atoms with van der Waals surface area (Å²) in [5.74, 6) is 1.54. The molecule has 5 heteroatoms. The molecule has 1 aliphatic heterocycles. The van der Waals surface area contributed by atoms with Gasteiger partial charge >= 0.3 is 0 Å². The molecule has 0 bridgehead atoms. The maximum atomic E-state index is 6.23. The van der Waals surface area contributed by atoms with Gasteiger partial charge in [0.2, 0.25) is 0 Å². The molecule has 0 aromatic carbocycles. The number of likely N-dealkylation sites (N-methyl/N-ethyl adjacent to an activating group) is 1. The van der Waals surface area contributed by atoms with Crippen molar-refractivity contribution in [1.82, 2.24) is 9.78 Å². The molecule has 1 aliphatic rings. The summed E-state index contributed by atoms with van der Waals surface area (Å²) in [5.41, 5.74) is 8.28.